The highest BCUT2D eigenvalue weighted by atomic mass is 14.9. The van der Waals surface area contributed by atoms with Crippen molar-refractivity contribution in [1.82, 2.24) is 9.97 Å². The first-order valence-corrected chi connectivity index (χ1v) is 8.20. The lowest BCUT2D eigenvalue weighted by Gasteiger charge is -2.12. The maximum Gasteiger partial charge on any atom is 0.150 e. The number of nitrogen functional groups attached to an aromatic ring is 1. The molecule has 3 nitrogen and oxygen atoms in total. The second-order valence-electron chi connectivity index (χ2n) is 6.13. The predicted molar refractivity (Wildman–Crippen MR) is 100 cm³/mol. The second-order valence-corrected chi connectivity index (χ2v) is 6.13. The molecule has 0 bridgehead atoms. The highest BCUT2D eigenvalue weighted by Crippen LogP contribution is 2.30. The van der Waals surface area contributed by atoms with E-state index in [9.17, 15) is 0 Å². The van der Waals surface area contributed by atoms with Crippen molar-refractivity contribution in [3.63, 3.8) is 0 Å². The van der Waals surface area contributed by atoms with Gasteiger partial charge < -0.3 is 5.73 Å². The number of rotatable bonds is 3. The molecule has 24 heavy (non-hydrogen) atoms. The Morgan fingerprint density at radius 2 is 1.67 bits per heavy atom. The maximum atomic E-state index is 6.13. The van der Waals surface area contributed by atoms with Gasteiger partial charge in [-0.25, -0.2) is 4.98 Å². The van der Waals surface area contributed by atoms with E-state index in [2.05, 4.69) is 47.2 Å². The Kier molecular flexibility index (Phi) is 3.62. The summed E-state index contributed by atoms with van der Waals surface area (Å²) in [4.78, 5) is 9.10. The van der Waals surface area contributed by atoms with Gasteiger partial charge >= 0.3 is 0 Å². The molecule has 4 rings (SSSR count). The minimum atomic E-state index is 0.501. The number of pyridine rings is 2. The lowest BCUT2D eigenvalue weighted by Crippen LogP contribution is -2.01. The number of fused-ring (bicyclic) bond motifs is 3. The molecule has 0 saturated carbocycles. The third-order valence-electron chi connectivity index (χ3n) is 4.63. The van der Waals surface area contributed by atoms with E-state index in [4.69, 9.17) is 5.73 Å². The molecule has 118 valence electrons. The van der Waals surface area contributed by atoms with Crippen molar-refractivity contribution in [3.05, 3.63) is 77.5 Å². The summed E-state index contributed by atoms with van der Waals surface area (Å²) in [7, 11) is 0. The van der Waals surface area contributed by atoms with Gasteiger partial charge in [0.25, 0.3) is 0 Å². The van der Waals surface area contributed by atoms with Crippen LogP contribution in [0.25, 0.3) is 21.8 Å². The average Bonchev–Trinajstić information content (AvgIpc) is 2.62. The van der Waals surface area contributed by atoms with Gasteiger partial charge in [-0.2, -0.15) is 0 Å². The number of benzene rings is 2. The first-order chi connectivity index (χ1) is 11.7. The zero-order valence-electron chi connectivity index (χ0n) is 13.7. The van der Waals surface area contributed by atoms with Crippen LogP contribution in [0.3, 0.4) is 0 Å². The number of aromatic nitrogens is 2. The number of hydrogen-bond acceptors (Lipinski definition) is 3. The van der Waals surface area contributed by atoms with Gasteiger partial charge in [0, 0.05) is 17.0 Å². The van der Waals surface area contributed by atoms with Gasteiger partial charge in [-0.1, -0.05) is 48.5 Å². The minimum Gasteiger partial charge on any atom is -0.382 e. The number of hydrogen-bond donors (Lipinski definition) is 1. The lowest BCUT2D eigenvalue weighted by atomic mass is 9.97. The Bertz CT molecular complexity index is 1020. The van der Waals surface area contributed by atoms with Gasteiger partial charge in [0.05, 0.1) is 5.52 Å². The van der Waals surface area contributed by atoms with Crippen LogP contribution in [0.2, 0.25) is 0 Å². The van der Waals surface area contributed by atoms with E-state index in [1.165, 1.54) is 16.7 Å². The molecule has 0 radical (unpaired) electrons. The number of nitrogens with zero attached hydrogens (tertiary/aromatic N) is 2. The van der Waals surface area contributed by atoms with Gasteiger partial charge in [0.15, 0.2) is 5.82 Å². The molecule has 2 aromatic carbocycles. The normalized spacial score (nSPS) is 11.2. The molecular weight excluding hydrogens is 294 g/mol. The summed E-state index contributed by atoms with van der Waals surface area (Å²) in [6.45, 7) is 2.16. The molecule has 0 atom stereocenters. The molecule has 0 saturated heterocycles. The van der Waals surface area contributed by atoms with E-state index in [1.807, 2.05) is 30.5 Å². The molecule has 0 spiro atoms. The van der Waals surface area contributed by atoms with Crippen molar-refractivity contribution >= 4 is 27.6 Å². The van der Waals surface area contributed by atoms with Gasteiger partial charge in [-0.05, 0) is 42.5 Å². The van der Waals surface area contributed by atoms with Crippen LogP contribution >= 0.6 is 0 Å². The predicted octanol–water partition coefficient (Wildman–Crippen LogP) is 4.46. The summed E-state index contributed by atoms with van der Waals surface area (Å²) in [6.07, 6.45) is 3.93. The third kappa shape index (κ3) is 2.48. The van der Waals surface area contributed by atoms with Crippen molar-refractivity contribution in [2.75, 3.05) is 5.73 Å². The van der Waals surface area contributed by atoms with E-state index in [-0.39, 0.29) is 0 Å². The molecule has 0 aliphatic heterocycles. The fraction of sp³-hybridized carbons (Fsp3) is 0.143. The molecule has 0 fully saturated rings. The molecule has 2 N–H and O–H groups in total. The largest absolute Gasteiger partial charge is 0.382 e. The Morgan fingerprint density at radius 1 is 0.917 bits per heavy atom. The lowest BCUT2D eigenvalue weighted by molar-refractivity contribution is 0.944. The monoisotopic (exact) mass is 313 g/mol. The van der Waals surface area contributed by atoms with E-state index in [0.29, 0.717) is 5.82 Å². The number of aryl methyl sites for hydroxylation is 3. The van der Waals surface area contributed by atoms with Crippen LogP contribution in [0.1, 0.15) is 16.7 Å². The minimum absolute atomic E-state index is 0.501. The third-order valence-corrected chi connectivity index (χ3v) is 4.63. The molecule has 2 heterocycles. The second kappa shape index (κ2) is 5.93. The summed E-state index contributed by atoms with van der Waals surface area (Å²) in [5.74, 6) is 0.501. The van der Waals surface area contributed by atoms with Crippen LogP contribution in [0.5, 0.6) is 0 Å². The Labute approximate surface area is 141 Å². The smallest absolute Gasteiger partial charge is 0.150 e. The van der Waals surface area contributed by atoms with Crippen molar-refractivity contribution in [2.24, 2.45) is 0 Å². The molecule has 0 aliphatic rings. The van der Waals surface area contributed by atoms with Crippen molar-refractivity contribution in [2.45, 2.75) is 19.8 Å². The van der Waals surface area contributed by atoms with E-state index < -0.39 is 0 Å². The molecular formula is C21H19N3. The molecule has 2 aromatic heterocycles. The fourth-order valence-electron chi connectivity index (χ4n) is 3.31. The van der Waals surface area contributed by atoms with Crippen molar-refractivity contribution < 1.29 is 0 Å². The highest BCUT2D eigenvalue weighted by molar-refractivity contribution is 6.09. The van der Waals surface area contributed by atoms with Crippen molar-refractivity contribution in [1.29, 1.82) is 0 Å². The number of nitrogens with two attached hydrogens (primary N) is 1. The van der Waals surface area contributed by atoms with Crippen LogP contribution in [-0.4, -0.2) is 9.97 Å². The first kappa shape index (κ1) is 14.6. The van der Waals surface area contributed by atoms with E-state index >= 15 is 0 Å². The molecule has 0 unspecified atom stereocenters. The van der Waals surface area contributed by atoms with Crippen LogP contribution in [-0.2, 0) is 12.8 Å². The van der Waals surface area contributed by atoms with E-state index in [0.717, 1.165) is 34.6 Å². The summed E-state index contributed by atoms with van der Waals surface area (Å²) in [5.41, 5.74) is 11.7. The highest BCUT2D eigenvalue weighted by Gasteiger charge is 2.12. The van der Waals surface area contributed by atoms with Gasteiger partial charge in [0.1, 0.15) is 5.52 Å². The maximum absolute atomic E-state index is 6.13. The summed E-state index contributed by atoms with van der Waals surface area (Å²) >= 11 is 0. The molecule has 0 amide bonds. The average molecular weight is 313 g/mol. The first-order valence-electron chi connectivity index (χ1n) is 8.20. The summed E-state index contributed by atoms with van der Waals surface area (Å²) < 4.78 is 0. The molecule has 4 aromatic rings. The quantitative estimate of drug-likeness (QED) is 0.568. The van der Waals surface area contributed by atoms with Gasteiger partial charge in [-0.3, -0.25) is 4.98 Å². The Hall–Kier alpha value is -2.94. The zero-order valence-corrected chi connectivity index (χ0v) is 13.7. The molecule has 0 aliphatic carbocycles. The van der Waals surface area contributed by atoms with Crippen LogP contribution in [0.15, 0.2) is 60.8 Å². The fourth-order valence-corrected chi connectivity index (χ4v) is 3.31. The van der Waals surface area contributed by atoms with Crippen molar-refractivity contribution in [3.8, 4) is 0 Å². The van der Waals surface area contributed by atoms with E-state index in [1.54, 1.807) is 0 Å². The summed E-state index contributed by atoms with van der Waals surface area (Å²) in [6, 6.07) is 18.7. The Morgan fingerprint density at radius 3 is 2.50 bits per heavy atom. The number of anilines is 1. The van der Waals surface area contributed by atoms with Crippen LogP contribution < -0.4 is 5.73 Å². The van der Waals surface area contributed by atoms with Gasteiger partial charge in [-0.15, -0.1) is 0 Å². The Balaban J connectivity index is 1.83. The molecule has 3 heteroatoms. The zero-order chi connectivity index (χ0) is 16.5. The van der Waals surface area contributed by atoms with Crippen LogP contribution in [0, 0.1) is 6.92 Å². The summed E-state index contributed by atoms with van der Waals surface area (Å²) in [5, 5.41) is 2.25. The number of para-hydroxylation sites is 1. The standard InChI is InChI=1S/C21H19N3/c1-14-16(12-11-15-7-3-2-4-8-15)13-23-20-19(14)17-9-5-6-10-18(17)24-21(20)22/h2-10,13H,11-12H2,1H3,(H2,22,24). The van der Waals surface area contributed by atoms with Crippen LogP contribution in [0.4, 0.5) is 5.82 Å². The van der Waals surface area contributed by atoms with Gasteiger partial charge in [0.2, 0.25) is 0 Å². The SMILES string of the molecule is Cc1c(CCc2ccccc2)cnc2c(N)nc3ccccc3c12. The topological polar surface area (TPSA) is 51.8 Å².